The van der Waals surface area contributed by atoms with Gasteiger partial charge >= 0.3 is 5.97 Å². The van der Waals surface area contributed by atoms with Crippen molar-refractivity contribution in [1.29, 1.82) is 0 Å². The molecular formula is C12H14FNO4S. The molecule has 1 fully saturated rings. The van der Waals surface area contributed by atoms with Crippen LogP contribution in [0.5, 0.6) is 0 Å². The highest BCUT2D eigenvalue weighted by Crippen LogP contribution is 2.26. The molecule has 1 aliphatic heterocycles. The summed E-state index contributed by atoms with van der Waals surface area (Å²) >= 11 is 0. The zero-order valence-corrected chi connectivity index (χ0v) is 11.2. The summed E-state index contributed by atoms with van der Waals surface area (Å²) in [7, 11) is -3.96. The summed E-state index contributed by atoms with van der Waals surface area (Å²) in [6.45, 7) is 1.48. The van der Waals surface area contributed by atoms with Crippen LogP contribution in [-0.4, -0.2) is 36.9 Å². The number of sulfonamides is 1. The first-order valence-corrected chi connectivity index (χ1v) is 7.26. The second-order valence-corrected chi connectivity index (χ2v) is 6.48. The van der Waals surface area contributed by atoms with Gasteiger partial charge in [-0.15, -0.1) is 0 Å². The molecule has 0 bridgehead atoms. The highest BCUT2D eigenvalue weighted by atomic mass is 32.2. The van der Waals surface area contributed by atoms with Crippen molar-refractivity contribution < 1.29 is 22.7 Å². The summed E-state index contributed by atoms with van der Waals surface area (Å²) < 4.78 is 39.5. The molecular weight excluding hydrogens is 273 g/mol. The van der Waals surface area contributed by atoms with Gasteiger partial charge in [0.2, 0.25) is 10.0 Å². The average Bonchev–Trinajstić information content (AvgIpc) is 2.82. The van der Waals surface area contributed by atoms with E-state index < -0.39 is 32.6 Å². The van der Waals surface area contributed by atoms with Crippen LogP contribution < -0.4 is 0 Å². The molecule has 1 aliphatic rings. The molecule has 0 saturated carbocycles. The van der Waals surface area contributed by atoms with Gasteiger partial charge in [-0.05, 0) is 25.0 Å². The van der Waals surface area contributed by atoms with Gasteiger partial charge in [0.05, 0.1) is 5.92 Å². The Kier molecular flexibility index (Phi) is 3.60. The molecule has 0 aliphatic carbocycles. The maximum Gasteiger partial charge on any atom is 0.307 e. The first kappa shape index (κ1) is 14.0. The third-order valence-electron chi connectivity index (χ3n) is 3.27. The van der Waals surface area contributed by atoms with E-state index >= 15 is 0 Å². The van der Waals surface area contributed by atoms with Crippen LogP contribution in [0.1, 0.15) is 12.0 Å². The second kappa shape index (κ2) is 4.90. The minimum atomic E-state index is -3.96. The van der Waals surface area contributed by atoms with Crippen LogP contribution in [0.4, 0.5) is 4.39 Å². The summed E-state index contributed by atoms with van der Waals surface area (Å²) in [4.78, 5) is 10.4. The van der Waals surface area contributed by atoms with Crippen LogP contribution in [0.25, 0.3) is 0 Å². The molecule has 1 atom stereocenters. The van der Waals surface area contributed by atoms with Crippen molar-refractivity contribution in [1.82, 2.24) is 4.31 Å². The van der Waals surface area contributed by atoms with E-state index in [-0.39, 0.29) is 25.1 Å². The first-order chi connectivity index (χ1) is 8.84. The second-order valence-electron chi connectivity index (χ2n) is 4.57. The van der Waals surface area contributed by atoms with Gasteiger partial charge in [0, 0.05) is 13.1 Å². The molecule has 0 aromatic heterocycles. The number of benzene rings is 1. The zero-order valence-electron chi connectivity index (χ0n) is 10.3. The molecule has 1 N–H and O–H groups in total. The molecule has 104 valence electrons. The number of nitrogens with zero attached hydrogens (tertiary/aromatic N) is 1. The summed E-state index contributed by atoms with van der Waals surface area (Å²) in [5.41, 5.74) is 0.245. The van der Waals surface area contributed by atoms with E-state index in [2.05, 4.69) is 0 Å². The fourth-order valence-electron chi connectivity index (χ4n) is 2.11. The number of carboxylic acid groups (broad SMARTS) is 1. The van der Waals surface area contributed by atoms with Crippen LogP contribution in [0, 0.1) is 18.7 Å². The molecule has 1 unspecified atom stereocenters. The number of aliphatic carboxylic acids is 1. The Morgan fingerprint density at radius 1 is 1.47 bits per heavy atom. The van der Waals surface area contributed by atoms with Gasteiger partial charge in [-0.25, -0.2) is 12.8 Å². The monoisotopic (exact) mass is 287 g/mol. The predicted molar refractivity (Wildman–Crippen MR) is 65.6 cm³/mol. The molecule has 0 spiro atoms. The van der Waals surface area contributed by atoms with Crippen LogP contribution in [0.15, 0.2) is 23.1 Å². The maximum absolute atomic E-state index is 13.9. The normalized spacial score (nSPS) is 20.6. The lowest BCUT2D eigenvalue weighted by Gasteiger charge is -2.16. The Morgan fingerprint density at radius 3 is 2.74 bits per heavy atom. The topological polar surface area (TPSA) is 74.7 Å². The van der Waals surface area contributed by atoms with Crippen LogP contribution in [-0.2, 0) is 14.8 Å². The highest BCUT2D eigenvalue weighted by molar-refractivity contribution is 7.89. The summed E-state index contributed by atoms with van der Waals surface area (Å²) in [5.74, 6) is -2.52. The van der Waals surface area contributed by atoms with Crippen LogP contribution in [0.3, 0.4) is 0 Å². The van der Waals surface area contributed by atoms with Crippen molar-refractivity contribution in [2.75, 3.05) is 13.1 Å². The third-order valence-corrected chi connectivity index (χ3v) is 5.16. The van der Waals surface area contributed by atoms with Crippen molar-refractivity contribution in [3.05, 3.63) is 29.6 Å². The average molecular weight is 287 g/mol. The first-order valence-electron chi connectivity index (χ1n) is 5.82. The summed E-state index contributed by atoms with van der Waals surface area (Å²) in [6.07, 6.45) is 0.252. The van der Waals surface area contributed by atoms with Crippen molar-refractivity contribution in [3.63, 3.8) is 0 Å². The molecule has 19 heavy (non-hydrogen) atoms. The Hall–Kier alpha value is -1.47. The molecule has 7 heteroatoms. The molecule has 1 heterocycles. The molecule has 0 radical (unpaired) electrons. The number of hydrogen-bond donors (Lipinski definition) is 1. The van der Waals surface area contributed by atoms with E-state index in [0.717, 1.165) is 4.31 Å². The molecule has 5 nitrogen and oxygen atoms in total. The van der Waals surface area contributed by atoms with E-state index in [4.69, 9.17) is 5.11 Å². The lowest BCUT2D eigenvalue weighted by Crippen LogP contribution is -2.30. The Labute approximate surface area is 110 Å². The van der Waals surface area contributed by atoms with Gasteiger partial charge in [0.25, 0.3) is 0 Å². The van der Waals surface area contributed by atoms with Crippen molar-refractivity contribution in [2.24, 2.45) is 5.92 Å². The Balaban J connectivity index is 2.34. The van der Waals surface area contributed by atoms with Gasteiger partial charge in [0.1, 0.15) is 10.7 Å². The van der Waals surface area contributed by atoms with E-state index in [9.17, 15) is 17.6 Å². The zero-order chi connectivity index (χ0) is 14.2. The van der Waals surface area contributed by atoms with Gasteiger partial charge in [-0.1, -0.05) is 12.1 Å². The van der Waals surface area contributed by atoms with E-state index in [0.29, 0.717) is 0 Å². The van der Waals surface area contributed by atoms with Crippen molar-refractivity contribution in [3.8, 4) is 0 Å². The fraction of sp³-hybridized carbons (Fsp3) is 0.417. The van der Waals surface area contributed by atoms with Crippen molar-refractivity contribution in [2.45, 2.75) is 18.2 Å². The fourth-order valence-corrected chi connectivity index (χ4v) is 3.75. The van der Waals surface area contributed by atoms with E-state index in [1.165, 1.54) is 25.1 Å². The standard InChI is InChI=1S/C12H14FNO4S/c1-8-3-2-4-10(11(8)13)19(17,18)14-6-5-9(7-14)12(15)16/h2-4,9H,5-7H2,1H3,(H,15,16). The SMILES string of the molecule is Cc1cccc(S(=O)(=O)N2CCC(C(=O)O)C2)c1F. The Bertz CT molecular complexity index is 614. The summed E-state index contributed by atoms with van der Waals surface area (Å²) in [6, 6.07) is 4.15. The molecule has 0 amide bonds. The van der Waals surface area contributed by atoms with Crippen LogP contribution >= 0.6 is 0 Å². The smallest absolute Gasteiger partial charge is 0.307 e. The predicted octanol–water partition coefficient (Wildman–Crippen LogP) is 1.23. The number of aryl methyl sites for hydroxylation is 1. The lowest BCUT2D eigenvalue weighted by molar-refractivity contribution is -0.141. The number of carboxylic acids is 1. The third kappa shape index (κ3) is 2.48. The van der Waals surface area contributed by atoms with Gasteiger partial charge < -0.3 is 5.11 Å². The number of rotatable bonds is 3. The van der Waals surface area contributed by atoms with Crippen LogP contribution in [0.2, 0.25) is 0 Å². The lowest BCUT2D eigenvalue weighted by atomic mass is 10.1. The number of hydrogen-bond acceptors (Lipinski definition) is 3. The molecule has 1 aromatic carbocycles. The molecule has 2 rings (SSSR count). The molecule has 1 aromatic rings. The van der Waals surface area contributed by atoms with E-state index in [1.54, 1.807) is 0 Å². The van der Waals surface area contributed by atoms with E-state index in [1.807, 2.05) is 0 Å². The minimum Gasteiger partial charge on any atom is -0.481 e. The number of halogens is 1. The van der Waals surface area contributed by atoms with Crippen molar-refractivity contribution >= 4 is 16.0 Å². The van der Waals surface area contributed by atoms with Gasteiger partial charge in [0.15, 0.2) is 0 Å². The van der Waals surface area contributed by atoms with Gasteiger partial charge in [-0.3, -0.25) is 4.79 Å². The minimum absolute atomic E-state index is 0.104. The quantitative estimate of drug-likeness (QED) is 0.907. The maximum atomic E-state index is 13.9. The highest BCUT2D eigenvalue weighted by Gasteiger charge is 2.37. The largest absolute Gasteiger partial charge is 0.481 e. The molecule has 1 saturated heterocycles. The Morgan fingerprint density at radius 2 is 2.16 bits per heavy atom. The number of carbonyl (C=O) groups is 1. The van der Waals surface area contributed by atoms with Gasteiger partial charge in [-0.2, -0.15) is 4.31 Å². The summed E-state index contributed by atoms with van der Waals surface area (Å²) in [5, 5.41) is 8.87.